The first-order valence-electron chi connectivity index (χ1n) is 19.8. The van der Waals surface area contributed by atoms with Crippen LogP contribution < -0.4 is 19.7 Å². The molecule has 1 aromatic heterocycles. The maximum Gasteiger partial charge on any atom is 0.0466 e. The number of hydrogen-bond donors (Lipinski definition) is 0. The van der Waals surface area contributed by atoms with Crippen LogP contribution in [0.5, 0.6) is 0 Å². The van der Waals surface area contributed by atoms with Crippen LogP contribution in [0.1, 0.15) is 101 Å². The number of anilines is 5. The van der Waals surface area contributed by atoms with E-state index in [2.05, 4.69) is 210 Å². The van der Waals surface area contributed by atoms with Crippen LogP contribution in [-0.4, -0.2) is 0 Å². The van der Waals surface area contributed by atoms with Crippen molar-refractivity contribution in [3.63, 3.8) is 0 Å². The fraction of sp³-hybridized carbons (Fsp3) is 0.235. The molecule has 4 nitrogen and oxygen atoms in total. The molecule has 0 unspecified atom stereocenters. The molecule has 1 aliphatic heterocycles. The largest absolute Gasteiger partial charge is 0.657 e. The normalized spacial score (nSPS) is 12.6. The maximum atomic E-state index is 4.74. The molecule has 0 bridgehead atoms. The number of aromatic nitrogens is 1. The molecule has 1 radical (unpaired) electrons. The Hall–Kier alpha value is -5.00. The first-order valence-corrected chi connectivity index (χ1v) is 19.8. The first-order chi connectivity index (χ1) is 26.6. The van der Waals surface area contributed by atoms with Crippen molar-refractivity contribution in [1.82, 2.24) is 4.98 Å². The summed E-state index contributed by atoms with van der Waals surface area (Å²) in [5, 5.41) is 2.39. The quantitative estimate of drug-likeness (QED) is 0.106. The van der Waals surface area contributed by atoms with Crippen LogP contribution in [0, 0.1) is 6.67 Å². The zero-order chi connectivity index (χ0) is 38.6. The van der Waals surface area contributed by atoms with Gasteiger partial charge in [0.1, 0.15) is 0 Å². The Kier molecular flexibility index (Phi) is 13.0. The van der Waals surface area contributed by atoms with Crippen molar-refractivity contribution in [2.75, 3.05) is 14.7 Å². The minimum absolute atomic E-state index is 0. The van der Waals surface area contributed by atoms with Gasteiger partial charge >= 0.3 is 0 Å². The smallest absolute Gasteiger partial charge is 0.0466 e. The third kappa shape index (κ3) is 8.39. The van der Waals surface area contributed by atoms with Gasteiger partial charge in [0.25, 0.3) is 0 Å². The maximum absolute atomic E-state index is 4.74. The van der Waals surface area contributed by atoms with Gasteiger partial charge in [0.15, 0.2) is 0 Å². The van der Waals surface area contributed by atoms with Crippen molar-refractivity contribution in [2.24, 2.45) is 0 Å². The van der Waals surface area contributed by atoms with Crippen molar-refractivity contribution >= 4 is 50.2 Å². The van der Waals surface area contributed by atoms with E-state index in [9.17, 15) is 0 Å². The predicted octanol–water partition coefficient (Wildman–Crippen LogP) is 14.5. The van der Waals surface area contributed by atoms with Crippen LogP contribution in [0.15, 0.2) is 152 Å². The van der Waals surface area contributed by atoms with Crippen LogP contribution in [0.2, 0.25) is 0 Å². The zero-order valence-corrected chi connectivity index (χ0v) is 36.1. The van der Waals surface area contributed by atoms with Crippen molar-refractivity contribution in [3.05, 3.63) is 181 Å². The van der Waals surface area contributed by atoms with Crippen molar-refractivity contribution in [1.29, 1.82) is 0 Å². The number of nitrogens with zero attached hydrogens (tertiary/aromatic N) is 4. The van der Waals surface area contributed by atoms with Gasteiger partial charge in [-0.3, -0.25) is 0 Å². The van der Waals surface area contributed by atoms with Gasteiger partial charge < -0.3 is 19.7 Å². The molecule has 2 heterocycles. The minimum atomic E-state index is 0. The Balaban J connectivity index is 0.000000187. The van der Waals surface area contributed by atoms with Crippen LogP contribution >= 0.6 is 0 Å². The molecule has 7 aromatic rings. The van der Waals surface area contributed by atoms with Gasteiger partial charge in [-0.05, 0) is 105 Å². The number of hydrogen-bond acceptors (Lipinski definition) is 3. The molecule has 0 aliphatic carbocycles. The standard InChI is InChI=1S/C27H37N2.C24H17N2.Au/c1-18(2)22-11-9-12-23(19(3)4)26(22)28-15-16-29(17-28)27-24(20(5)6)13-10-14-25(27)21(7)8;1-3-9-18(10-4-1)26(19-11-5-2-6-12-19)20-15-16-24-22(17-20)21-13-7-8-14-23(21)25-24;/h9-21H,1-8H3;1-17H;/q2*-1;. The molecule has 0 fully saturated rings. The summed E-state index contributed by atoms with van der Waals surface area (Å²) in [7, 11) is 0. The van der Waals surface area contributed by atoms with E-state index < -0.39 is 0 Å². The topological polar surface area (TPSA) is 23.8 Å². The Morgan fingerprint density at radius 3 is 1.29 bits per heavy atom. The Morgan fingerprint density at radius 1 is 0.429 bits per heavy atom. The molecule has 0 atom stereocenters. The van der Waals surface area contributed by atoms with Crippen molar-refractivity contribution in [3.8, 4) is 0 Å². The fourth-order valence-electron chi connectivity index (χ4n) is 7.75. The second kappa shape index (κ2) is 17.9. The van der Waals surface area contributed by atoms with Crippen LogP contribution in [0.3, 0.4) is 0 Å². The van der Waals surface area contributed by atoms with E-state index in [4.69, 9.17) is 4.98 Å². The second-order valence-electron chi connectivity index (χ2n) is 15.8. The van der Waals surface area contributed by atoms with Crippen molar-refractivity contribution in [2.45, 2.75) is 79.1 Å². The molecule has 0 amide bonds. The molecule has 0 N–H and O–H groups in total. The summed E-state index contributed by atoms with van der Waals surface area (Å²) >= 11 is 0. The molecule has 0 saturated carbocycles. The van der Waals surface area contributed by atoms with Crippen LogP contribution in [0.25, 0.3) is 21.8 Å². The molecule has 6 aromatic carbocycles. The number of para-hydroxylation sites is 5. The van der Waals surface area contributed by atoms with Crippen LogP contribution in [0.4, 0.5) is 28.4 Å². The van der Waals surface area contributed by atoms with Gasteiger partial charge in [0.2, 0.25) is 0 Å². The van der Waals surface area contributed by atoms with E-state index in [0.29, 0.717) is 23.7 Å². The Morgan fingerprint density at radius 2 is 0.839 bits per heavy atom. The van der Waals surface area contributed by atoms with E-state index in [1.807, 2.05) is 18.2 Å². The number of rotatable bonds is 9. The SMILES string of the molecule is CC(C)c1cccc(C(C)C)c1N1C=CN(c2c(C(C)C)cccc2C(C)C)[CH-]1.[Au].c1ccc(N(c2ccccc2)c2ccc3[n-]c4ccccc4c3c2)cc1. The van der Waals surface area contributed by atoms with Crippen LogP contribution in [-0.2, 0) is 22.4 Å². The molecule has 0 saturated heterocycles. The van der Waals surface area contributed by atoms with E-state index in [-0.39, 0.29) is 22.4 Å². The molecular formula is C51H54AuN4-2. The molecule has 5 heteroatoms. The summed E-state index contributed by atoms with van der Waals surface area (Å²) in [6.45, 7) is 20.5. The summed E-state index contributed by atoms with van der Waals surface area (Å²) < 4.78 is 0. The fourth-order valence-corrected chi connectivity index (χ4v) is 7.75. The van der Waals surface area contributed by atoms with E-state index in [0.717, 1.165) is 28.1 Å². The van der Waals surface area contributed by atoms with Gasteiger partial charge in [0.05, 0.1) is 0 Å². The van der Waals surface area contributed by atoms with Crippen molar-refractivity contribution < 1.29 is 22.4 Å². The minimum Gasteiger partial charge on any atom is -0.657 e. The van der Waals surface area contributed by atoms with Gasteiger partial charge in [-0.15, -0.1) is 17.7 Å². The van der Waals surface area contributed by atoms with E-state index in [1.54, 1.807) is 0 Å². The average Bonchev–Trinajstić information content (AvgIpc) is 3.84. The van der Waals surface area contributed by atoms with Gasteiger partial charge in [-0.2, -0.15) is 0 Å². The van der Waals surface area contributed by atoms with Gasteiger partial charge in [-0.25, -0.2) is 0 Å². The molecule has 1 aliphatic rings. The van der Waals surface area contributed by atoms with E-state index >= 15 is 0 Å². The summed E-state index contributed by atoms with van der Waals surface area (Å²) in [6, 6.07) is 49.3. The molecule has 291 valence electrons. The Labute approximate surface area is 350 Å². The zero-order valence-electron chi connectivity index (χ0n) is 33.9. The summed E-state index contributed by atoms with van der Waals surface area (Å²) in [6.07, 6.45) is 4.43. The number of fused-ring (bicyclic) bond motifs is 3. The first kappa shape index (κ1) is 40.7. The monoisotopic (exact) mass is 919 g/mol. The third-order valence-electron chi connectivity index (χ3n) is 10.5. The van der Waals surface area contributed by atoms with Gasteiger partial charge in [-0.1, -0.05) is 159 Å². The predicted molar refractivity (Wildman–Crippen MR) is 237 cm³/mol. The summed E-state index contributed by atoms with van der Waals surface area (Å²) in [5.74, 6) is 1.92. The van der Waals surface area contributed by atoms with E-state index in [1.165, 1.54) is 44.4 Å². The summed E-state index contributed by atoms with van der Waals surface area (Å²) in [5.41, 5.74) is 13.8. The molecule has 56 heavy (non-hydrogen) atoms. The molecule has 0 spiro atoms. The Bertz CT molecular complexity index is 2230. The molecular weight excluding hydrogens is 866 g/mol. The second-order valence-corrected chi connectivity index (χ2v) is 15.8. The van der Waals surface area contributed by atoms with Gasteiger partial charge in [0, 0.05) is 50.8 Å². The average molecular weight is 920 g/mol. The summed E-state index contributed by atoms with van der Waals surface area (Å²) in [4.78, 5) is 11.7. The number of benzene rings is 6. The molecule has 8 rings (SSSR count). The third-order valence-corrected chi connectivity index (χ3v) is 10.5.